The number of aliphatic hydroxyl groups is 1. The number of hydrogen-bond acceptors (Lipinski definition) is 3. The standard InChI is InChI=1S/C16H19ClN2O/c17-16-12(9-11-5-1-2-6-13(11)19-16)10-18-14-7-3-4-8-15(14)20/h1-2,5-6,9,14-15,18,20H,3-4,7-8,10H2. The molecule has 3 rings (SSSR count). The van der Waals surface area contributed by atoms with E-state index in [4.69, 9.17) is 11.6 Å². The highest BCUT2D eigenvalue weighted by Crippen LogP contribution is 2.22. The number of benzene rings is 1. The van der Waals surface area contributed by atoms with E-state index in [1.165, 1.54) is 6.42 Å². The molecule has 0 saturated heterocycles. The van der Waals surface area contributed by atoms with Gasteiger partial charge in [-0.25, -0.2) is 4.98 Å². The molecule has 106 valence electrons. The van der Waals surface area contributed by atoms with E-state index >= 15 is 0 Å². The lowest BCUT2D eigenvalue weighted by Crippen LogP contribution is -2.41. The van der Waals surface area contributed by atoms with Crippen LogP contribution in [0.15, 0.2) is 30.3 Å². The second-order valence-electron chi connectivity index (χ2n) is 5.47. The van der Waals surface area contributed by atoms with Crippen LogP contribution in [0.4, 0.5) is 0 Å². The van der Waals surface area contributed by atoms with Crippen LogP contribution in [0.3, 0.4) is 0 Å². The Kier molecular flexibility index (Phi) is 4.20. The zero-order chi connectivity index (χ0) is 13.9. The highest BCUT2D eigenvalue weighted by molar-refractivity contribution is 6.30. The molecule has 20 heavy (non-hydrogen) atoms. The van der Waals surface area contributed by atoms with Crippen molar-refractivity contribution in [2.75, 3.05) is 0 Å². The second kappa shape index (κ2) is 6.08. The van der Waals surface area contributed by atoms with Gasteiger partial charge in [0.25, 0.3) is 0 Å². The molecule has 2 aromatic rings. The van der Waals surface area contributed by atoms with E-state index in [-0.39, 0.29) is 12.1 Å². The summed E-state index contributed by atoms with van der Waals surface area (Å²) in [6, 6.07) is 10.2. The quantitative estimate of drug-likeness (QED) is 0.853. The third kappa shape index (κ3) is 2.95. The molecule has 1 aromatic heterocycles. The van der Waals surface area contributed by atoms with E-state index in [1.807, 2.05) is 24.3 Å². The van der Waals surface area contributed by atoms with Gasteiger partial charge in [-0.05, 0) is 25.0 Å². The fourth-order valence-corrected chi connectivity index (χ4v) is 3.06. The smallest absolute Gasteiger partial charge is 0.134 e. The predicted octanol–water partition coefficient (Wildman–Crippen LogP) is 3.28. The average Bonchev–Trinajstić information content (AvgIpc) is 2.46. The number of pyridine rings is 1. The van der Waals surface area contributed by atoms with Crippen molar-refractivity contribution >= 4 is 22.5 Å². The second-order valence-corrected chi connectivity index (χ2v) is 5.83. The van der Waals surface area contributed by atoms with Crippen molar-refractivity contribution in [3.63, 3.8) is 0 Å². The summed E-state index contributed by atoms with van der Waals surface area (Å²) in [6.07, 6.45) is 3.98. The number of nitrogens with zero attached hydrogens (tertiary/aromatic N) is 1. The van der Waals surface area contributed by atoms with Gasteiger partial charge in [0.1, 0.15) is 5.15 Å². The van der Waals surface area contributed by atoms with Gasteiger partial charge in [0, 0.05) is 23.5 Å². The molecule has 3 nitrogen and oxygen atoms in total. The summed E-state index contributed by atoms with van der Waals surface area (Å²) in [7, 11) is 0. The lowest BCUT2D eigenvalue weighted by molar-refractivity contribution is 0.0902. The van der Waals surface area contributed by atoms with Crippen LogP contribution in [-0.2, 0) is 6.54 Å². The van der Waals surface area contributed by atoms with Gasteiger partial charge in [-0.1, -0.05) is 42.6 Å². The lowest BCUT2D eigenvalue weighted by atomic mass is 9.92. The zero-order valence-corrected chi connectivity index (χ0v) is 12.1. The summed E-state index contributed by atoms with van der Waals surface area (Å²) < 4.78 is 0. The molecular weight excluding hydrogens is 272 g/mol. The Labute approximate surface area is 124 Å². The van der Waals surface area contributed by atoms with Gasteiger partial charge in [0.2, 0.25) is 0 Å². The Morgan fingerprint density at radius 2 is 2.05 bits per heavy atom. The summed E-state index contributed by atoms with van der Waals surface area (Å²) in [5.74, 6) is 0. The Bertz CT molecular complexity index is 602. The van der Waals surface area contributed by atoms with Gasteiger partial charge >= 0.3 is 0 Å². The van der Waals surface area contributed by atoms with Crippen LogP contribution in [-0.4, -0.2) is 22.2 Å². The van der Waals surface area contributed by atoms with E-state index < -0.39 is 0 Å². The minimum absolute atomic E-state index is 0.172. The molecule has 2 unspecified atom stereocenters. The van der Waals surface area contributed by atoms with Crippen LogP contribution >= 0.6 is 11.6 Å². The Hall–Kier alpha value is -1.16. The molecule has 1 aromatic carbocycles. The van der Waals surface area contributed by atoms with Gasteiger partial charge in [-0.3, -0.25) is 0 Å². The van der Waals surface area contributed by atoms with Crippen LogP contribution < -0.4 is 5.32 Å². The van der Waals surface area contributed by atoms with Crippen molar-refractivity contribution in [2.24, 2.45) is 0 Å². The van der Waals surface area contributed by atoms with Crippen molar-refractivity contribution in [2.45, 2.75) is 44.4 Å². The van der Waals surface area contributed by atoms with Crippen molar-refractivity contribution in [1.29, 1.82) is 0 Å². The van der Waals surface area contributed by atoms with Crippen molar-refractivity contribution < 1.29 is 5.11 Å². The molecule has 0 spiro atoms. The summed E-state index contributed by atoms with van der Waals surface area (Å²) in [4.78, 5) is 4.42. The van der Waals surface area contributed by atoms with E-state index in [9.17, 15) is 5.11 Å². The number of hydrogen-bond donors (Lipinski definition) is 2. The number of aromatic nitrogens is 1. The van der Waals surface area contributed by atoms with Gasteiger partial charge in [-0.2, -0.15) is 0 Å². The average molecular weight is 291 g/mol. The van der Waals surface area contributed by atoms with Crippen LogP contribution in [0.5, 0.6) is 0 Å². The largest absolute Gasteiger partial charge is 0.392 e. The third-order valence-electron chi connectivity index (χ3n) is 4.03. The van der Waals surface area contributed by atoms with E-state index in [2.05, 4.69) is 16.4 Å². The number of para-hydroxylation sites is 1. The molecule has 4 heteroatoms. The molecule has 0 radical (unpaired) electrons. The number of fused-ring (bicyclic) bond motifs is 1. The monoisotopic (exact) mass is 290 g/mol. The van der Waals surface area contributed by atoms with Gasteiger partial charge in [-0.15, -0.1) is 0 Å². The highest BCUT2D eigenvalue weighted by atomic mass is 35.5. The molecule has 0 bridgehead atoms. The van der Waals surface area contributed by atoms with E-state index in [0.29, 0.717) is 11.7 Å². The van der Waals surface area contributed by atoms with Crippen molar-refractivity contribution in [3.05, 3.63) is 41.0 Å². The molecular formula is C16H19ClN2O. The zero-order valence-electron chi connectivity index (χ0n) is 11.3. The third-order valence-corrected chi connectivity index (χ3v) is 4.36. The summed E-state index contributed by atoms with van der Waals surface area (Å²) >= 11 is 6.24. The van der Waals surface area contributed by atoms with Crippen LogP contribution in [0.2, 0.25) is 5.15 Å². The minimum Gasteiger partial charge on any atom is -0.392 e. The fourth-order valence-electron chi connectivity index (χ4n) is 2.85. The van der Waals surface area contributed by atoms with Gasteiger partial charge < -0.3 is 10.4 Å². The molecule has 2 N–H and O–H groups in total. The Balaban J connectivity index is 1.75. The summed E-state index contributed by atoms with van der Waals surface area (Å²) in [5, 5.41) is 15.0. The molecule has 0 amide bonds. The SMILES string of the molecule is OC1CCCCC1NCc1cc2ccccc2nc1Cl. The van der Waals surface area contributed by atoms with Crippen molar-refractivity contribution in [3.8, 4) is 0 Å². The summed E-state index contributed by atoms with van der Waals surface area (Å²) in [6.45, 7) is 0.651. The summed E-state index contributed by atoms with van der Waals surface area (Å²) in [5.41, 5.74) is 1.90. The Morgan fingerprint density at radius 1 is 1.25 bits per heavy atom. The predicted molar refractivity (Wildman–Crippen MR) is 81.9 cm³/mol. The lowest BCUT2D eigenvalue weighted by Gasteiger charge is -2.28. The van der Waals surface area contributed by atoms with Gasteiger partial charge in [0.15, 0.2) is 0 Å². The number of aliphatic hydroxyl groups excluding tert-OH is 1. The molecule has 0 aliphatic heterocycles. The normalized spacial score (nSPS) is 23.1. The maximum atomic E-state index is 9.98. The van der Waals surface area contributed by atoms with E-state index in [1.54, 1.807) is 0 Å². The first-order chi connectivity index (χ1) is 9.74. The fraction of sp³-hybridized carbons (Fsp3) is 0.438. The highest BCUT2D eigenvalue weighted by Gasteiger charge is 2.22. The first-order valence-corrected chi connectivity index (χ1v) is 7.57. The van der Waals surface area contributed by atoms with E-state index in [0.717, 1.165) is 35.7 Å². The molecule has 1 aliphatic rings. The van der Waals surface area contributed by atoms with Gasteiger partial charge in [0.05, 0.1) is 11.6 Å². The number of halogens is 1. The molecule has 1 fully saturated rings. The van der Waals surface area contributed by atoms with Crippen LogP contribution in [0, 0.1) is 0 Å². The molecule has 1 heterocycles. The molecule has 2 atom stereocenters. The maximum Gasteiger partial charge on any atom is 0.134 e. The van der Waals surface area contributed by atoms with Crippen LogP contribution in [0.25, 0.3) is 10.9 Å². The number of nitrogens with one attached hydrogen (secondary N) is 1. The number of rotatable bonds is 3. The Morgan fingerprint density at radius 3 is 2.90 bits per heavy atom. The first kappa shape index (κ1) is 13.8. The maximum absolute atomic E-state index is 9.98. The minimum atomic E-state index is -0.240. The molecule has 1 saturated carbocycles. The first-order valence-electron chi connectivity index (χ1n) is 7.19. The topological polar surface area (TPSA) is 45.1 Å². The molecule has 1 aliphatic carbocycles. The van der Waals surface area contributed by atoms with Crippen molar-refractivity contribution in [1.82, 2.24) is 10.3 Å². The van der Waals surface area contributed by atoms with Crippen LogP contribution in [0.1, 0.15) is 31.2 Å².